The quantitative estimate of drug-likeness (QED) is 0.922. The van der Waals surface area contributed by atoms with Gasteiger partial charge in [0.25, 0.3) is 0 Å². The van der Waals surface area contributed by atoms with Gasteiger partial charge in [0.2, 0.25) is 10.0 Å². The molecule has 2 rings (SSSR count). The van der Waals surface area contributed by atoms with E-state index in [0.29, 0.717) is 13.1 Å². The summed E-state index contributed by atoms with van der Waals surface area (Å²) in [6.07, 6.45) is 1.81. The number of piperidine rings is 1. The van der Waals surface area contributed by atoms with Gasteiger partial charge in [-0.15, -0.1) is 0 Å². The molecule has 0 aliphatic carbocycles. The summed E-state index contributed by atoms with van der Waals surface area (Å²) in [6, 6.07) is 4.45. The molecule has 2 atom stereocenters. The molecule has 1 aromatic rings. The van der Waals surface area contributed by atoms with Gasteiger partial charge in [0.15, 0.2) is 0 Å². The Morgan fingerprint density at radius 2 is 2.10 bits per heavy atom. The second-order valence-electron chi connectivity index (χ2n) is 5.09. The molecule has 20 heavy (non-hydrogen) atoms. The third kappa shape index (κ3) is 2.83. The lowest BCUT2D eigenvalue weighted by molar-refractivity contribution is 0.192. The molecule has 1 fully saturated rings. The lowest BCUT2D eigenvalue weighted by Crippen LogP contribution is -2.51. The summed E-state index contributed by atoms with van der Waals surface area (Å²) in [5.41, 5.74) is 5.76. The largest absolute Gasteiger partial charge is 0.329 e. The van der Waals surface area contributed by atoms with Gasteiger partial charge < -0.3 is 5.73 Å². The highest BCUT2D eigenvalue weighted by Crippen LogP contribution is 2.34. The van der Waals surface area contributed by atoms with Gasteiger partial charge in [-0.2, -0.15) is 4.31 Å². The summed E-state index contributed by atoms with van der Waals surface area (Å²) < 4.78 is 27.1. The summed E-state index contributed by atoms with van der Waals surface area (Å²) in [5, 5.41) is 0.310. The van der Waals surface area contributed by atoms with E-state index in [0.717, 1.165) is 12.8 Å². The Morgan fingerprint density at radius 1 is 1.40 bits per heavy atom. The van der Waals surface area contributed by atoms with E-state index in [-0.39, 0.29) is 26.9 Å². The molecule has 1 aliphatic rings. The maximum Gasteiger partial charge on any atom is 0.244 e. The molecule has 112 valence electrons. The molecular formula is C13H18Cl2N2O2S. The van der Waals surface area contributed by atoms with E-state index >= 15 is 0 Å². The normalized spacial score (nSPS) is 24.8. The van der Waals surface area contributed by atoms with Gasteiger partial charge in [-0.3, -0.25) is 0 Å². The van der Waals surface area contributed by atoms with E-state index in [4.69, 9.17) is 28.9 Å². The lowest BCUT2D eigenvalue weighted by Gasteiger charge is -2.38. The van der Waals surface area contributed by atoms with Crippen molar-refractivity contribution >= 4 is 33.2 Å². The molecule has 0 saturated carbocycles. The summed E-state index contributed by atoms with van der Waals surface area (Å²) >= 11 is 12.0. The summed E-state index contributed by atoms with van der Waals surface area (Å²) in [4.78, 5) is 0.0548. The van der Waals surface area contributed by atoms with Crippen LogP contribution in [-0.2, 0) is 10.0 Å². The number of sulfonamides is 1. The number of nitrogens with zero attached hydrogens (tertiary/aromatic N) is 1. The molecule has 0 amide bonds. The van der Waals surface area contributed by atoms with Gasteiger partial charge in [-0.25, -0.2) is 8.42 Å². The van der Waals surface area contributed by atoms with E-state index in [1.165, 1.54) is 10.4 Å². The van der Waals surface area contributed by atoms with Gasteiger partial charge in [0, 0.05) is 19.1 Å². The average Bonchev–Trinajstić information content (AvgIpc) is 2.41. The Kier molecular flexibility index (Phi) is 4.97. The molecule has 1 saturated heterocycles. The van der Waals surface area contributed by atoms with Crippen molar-refractivity contribution in [3.63, 3.8) is 0 Å². The predicted octanol–water partition coefficient (Wildman–Crippen LogP) is 2.74. The third-order valence-electron chi connectivity index (χ3n) is 3.81. The number of hydrogen-bond donors (Lipinski definition) is 1. The van der Waals surface area contributed by atoms with Crippen molar-refractivity contribution in [2.45, 2.75) is 30.7 Å². The Morgan fingerprint density at radius 3 is 2.75 bits per heavy atom. The van der Waals surface area contributed by atoms with E-state index in [2.05, 4.69) is 0 Å². The van der Waals surface area contributed by atoms with Crippen LogP contribution in [0.3, 0.4) is 0 Å². The zero-order valence-corrected chi connectivity index (χ0v) is 13.5. The predicted molar refractivity (Wildman–Crippen MR) is 81.6 cm³/mol. The van der Waals surface area contributed by atoms with Crippen LogP contribution in [0.25, 0.3) is 0 Å². The number of hydrogen-bond acceptors (Lipinski definition) is 3. The third-order valence-corrected chi connectivity index (χ3v) is 6.71. The minimum absolute atomic E-state index is 0.0548. The lowest BCUT2D eigenvalue weighted by atomic mass is 9.93. The van der Waals surface area contributed by atoms with Gasteiger partial charge >= 0.3 is 0 Å². The number of halogens is 2. The van der Waals surface area contributed by atoms with Crippen LogP contribution in [0.2, 0.25) is 10.0 Å². The van der Waals surface area contributed by atoms with Gasteiger partial charge in [-0.05, 0) is 30.9 Å². The first kappa shape index (κ1) is 16.0. The fourth-order valence-electron chi connectivity index (χ4n) is 2.67. The van der Waals surface area contributed by atoms with Crippen molar-refractivity contribution < 1.29 is 8.42 Å². The fourth-order valence-corrected chi connectivity index (χ4v) is 5.18. The van der Waals surface area contributed by atoms with Gasteiger partial charge in [0.05, 0.1) is 10.0 Å². The van der Waals surface area contributed by atoms with Crippen LogP contribution in [0.1, 0.15) is 19.8 Å². The van der Waals surface area contributed by atoms with Crippen molar-refractivity contribution in [3.05, 3.63) is 28.2 Å². The summed E-state index contributed by atoms with van der Waals surface area (Å²) in [6.45, 7) is 2.80. The molecule has 2 N–H and O–H groups in total. The maximum atomic E-state index is 12.8. The molecule has 1 heterocycles. The highest BCUT2D eigenvalue weighted by Gasteiger charge is 2.37. The first-order valence-corrected chi connectivity index (χ1v) is 8.75. The van der Waals surface area contributed by atoms with E-state index < -0.39 is 10.0 Å². The highest BCUT2D eigenvalue weighted by atomic mass is 35.5. The molecule has 0 spiro atoms. The molecule has 2 unspecified atom stereocenters. The molecule has 0 aromatic heterocycles. The Balaban J connectivity index is 2.46. The topological polar surface area (TPSA) is 63.4 Å². The van der Waals surface area contributed by atoms with Crippen LogP contribution in [-0.4, -0.2) is 31.9 Å². The van der Waals surface area contributed by atoms with E-state index in [1.54, 1.807) is 12.1 Å². The standard InChI is InChI=1S/C13H18Cl2N2O2S/c1-9-4-3-7-17(11(9)8-16)20(18,19)12-6-2-5-10(14)13(12)15/h2,5-6,9,11H,3-4,7-8,16H2,1H3. The smallest absolute Gasteiger partial charge is 0.244 e. The highest BCUT2D eigenvalue weighted by molar-refractivity contribution is 7.89. The minimum Gasteiger partial charge on any atom is -0.329 e. The first-order valence-electron chi connectivity index (χ1n) is 6.55. The Labute approximate surface area is 129 Å². The zero-order chi connectivity index (χ0) is 14.9. The van der Waals surface area contributed by atoms with Crippen LogP contribution in [0, 0.1) is 5.92 Å². The first-order chi connectivity index (χ1) is 9.39. The minimum atomic E-state index is -3.67. The molecule has 4 nitrogen and oxygen atoms in total. The molecule has 7 heteroatoms. The van der Waals surface area contributed by atoms with Crippen molar-refractivity contribution in [3.8, 4) is 0 Å². The average molecular weight is 337 g/mol. The second-order valence-corrected chi connectivity index (χ2v) is 7.73. The van der Waals surface area contributed by atoms with Crippen molar-refractivity contribution in [1.82, 2.24) is 4.31 Å². The monoisotopic (exact) mass is 336 g/mol. The fraction of sp³-hybridized carbons (Fsp3) is 0.538. The van der Waals surface area contributed by atoms with Crippen LogP contribution in [0.5, 0.6) is 0 Å². The number of rotatable bonds is 3. The second kappa shape index (κ2) is 6.20. The number of nitrogens with two attached hydrogens (primary N) is 1. The zero-order valence-electron chi connectivity index (χ0n) is 11.2. The molecule has 0 radical (unpaired) electrons. The summed E-state index contributed by atoms with van der Waals surface area (Å²) in [5.74, 6) is 0.237. The van der Waals surface area contributed by atoms with Crippen LogP contribution in [0.15, 0.2) is 23.1 Å². The summed E-state index contributed by atoms with van der Waals surface area (Å²) in [7, 11) is -3.67. The molecule has 1 aromatic carbocycles. The van der Waals surface area contributed by atoms with Gasteiger partial charge in [-0.1, -0.05) is 36.2 Å². The Bertz CT molecular complexity index is 592. The van der Waals surface area contributed by atoms with Crippen molar-refractivity contribution in [2.24, 2.45) is 11.7 Å². The van der Waals surface area contributed by atoms with Crippen molar-refractivity contribution in [1.29, 1.82) is 0 Å². The maximum absolute atomic E-state index is 12.8. The SMILES string of the molecule is CC1CCCN(S(=O)(=O)c2cccc(Cl)c2Cl)C1CN. The van der Waals surface area contributed by atoms with Crippen LogP contribution >= 0.6 is 23.2 Å². The Hall–Kier alpha value is -0.330. The van der Waals surface area contributed by atoms with Crippen molar-refractivity contribution in [2.75, 3.05) is 13.1 Å². The van der Waals surface area contributed by atoms with Gasteiger partial charge in [0.1, 0.15) is 4.90 Å². The van der Waals surface area contributed by atoms with Crippen LogP contribution < -0.4 is 5.73 Å². The molecule has 0 bridgehead atoms. The number of benzene rings is 1. The van der Waals surface area contributed by atoms with Crippen LogP contribution in [0.4, 0.5) is 0 Å². The van der Waals surface area contributed by atoms with E-state index in [1.807, 2.05) is 6.92 Å². The molecular weight excluding hydrogens is 319 g/mol. The molecule has 1 aliphatic heterocycles. The van der Waals surface area contributed by atoms with E-state index in [9.17, 15) is 8.42 Å².